The summed E-state index contributed by atoms with van der Waals surface area (Å²) in [4.78, 5) is 220. The number of nitriles is 1. The number of amides is 16. The van der Waals surface area contributed by atoms with E-state index in [-0.39, 0.29) is 86.1 Å². The Morgan fingerprint density at radius 3 is 0.880 bits per heavy atom. The van der Waals surface area contributed by atoms with Gasteiger partial charge in [0.15, 0.2) is 24.2 Å². The number of halogens is 3. The molecule has 0 spiro atoms. The molecule has 5 aromatic heterocycles. The van der Waals surface area contributed by atoms with Crippen LogP contribution in [0.25, 0.3) is 0 Å². The molecule has 15 heterocycles. The van der Waals surface area contributed by atoms with Crippen LogP contribution in [0.4, 0.5) is 77.6 Å². The highest BCUT2D eigenvalue weighted by atomic mass is 19.4. The lowest BCUT2D eigenvalue weighted by Gasteiger charge is -2.46. The zero-order valence-electron chi connectivity index (χ0n) is 80.8. The zero-order valence-corrected chi connectivity index (χ0v) is 80.8. The number of nitrogen functional groups attached to an aromatic ring is 5. The van der Waals surface area contributed by atoms with Crippen LogP contribution in [-0.2, 0) is 99.1 Å². The summed E-state index contributed by atoms with van der Waals surface area (Å²) in [6, 6.07) is 47.4. The number of β-lactam (4-membered cyclic amide) rings is 5. The van der Waals surface area contributed by atoms with Gasteiger partial charge in [-0.2, -0.15) is 18.4 Å². The van der Waals surface area contributed by atoms with Gasteiger partial charge in [-0.3, -0.25) is 43.5 Å². The molecule has 5 aromatic carbocycles. The highest BCUT2D eigenvalue weighted by Crippen LogP contribution is 2.44. The van der Waals surface area contributed by atoms with Gasteiger partial charge in [-0.25, -0.2) is 87.7 Å². The first-order valence-electron chi connectivity index (χ1n) is 48.6. The Hall–Kier alpha value is -17.8. The molecule has 0 saturated carbocycles. The van der Waals surface area contributed by atoms with Crippen LogP contribution in [0.5, 0.6) is 0 Å². The Labute approximate surface area is 856 Å². The average Bonchev–Trinajstić information content (AvgIpc) is 0.824. The number of rotatable bonds is 18. The second kappa shape index (κ2) is 45.0. The quantitative estimate of drug-likeness (QED) is 0.0358. The summed E-state index contributed by atoms with van der Waals surface area (Å²) >= 11 is 0. The number of hydrogen-bond acceptors (Lipinski definition) is 26. The molecule has 0 aliphatic carbocycles. The van der Waals surface area contributed by atoms with Gasteiger partial charge in [0.1, 0.15) is 35.1 Å². The number of likely N-dealkylation sites (tertiary alicyclic amines) is 8. The second-order valence-electron chi connectivity index (χ2n) is 38.1. The van der Waals surface area contributed by atoms with Crippen LogP contribution < -0.4 is 44.2 Å². The number of benzene rings is 5. The number of imide groups is 5. The topological polar surface area (TPSA) is 614 Å². The van der Waals surface area contributed by atoms with E-state index in [0.29, 0.717) is 103 Å². The number of primary amides is 1. The van der Waals surface area contributed by atoms with E-state index in [1.54, 1.807) is 93.7 Å². The third-order valence-electron chi connectivity index (χ3n) is 28.7. The number of carboxylic acids is 4. The number of aromatic nitrogens is 5. The summed E-state index contributed by atoms with van der Waals surface area (Å²) < 4.78 is 38.8. The number of fused-ring (bicyclic) bond motifs is 2. The lowest BCUT2D eigenvalue weighted by Crippen LogP contribution is -2.70. The molecule has 41 nitrogen and oxygen atoms in total. The molecule has 0 bridgehead atoms. The molecule has 0 unspecified atom stereocenters. The maximum atomic E-state index is 13.1. The zero-order chi connectivity index (χ0) is 107. The number of alkyl halides is 3. The lowest BCUT2D eigenvalue weighted by atomic mass is 9.82. The molecule has 0 radical (unpaired) electrons. The summed E-state index contributed by atoms with van der Waals surface area (Å²) in [6.45, 7) is 3.44. The van der Waals surface area contributed by atoms with Crippen molar-refractivity contribution in [2.24, 2.45) is 35.3 Å². The molecule has 16 N–H and O–H groups in total. The fourth-order valence-corrected chi connectivity index (χ4v) is 21.2. The van der Waals surface area contributed by atoms with Gasteiger partial charge in [-0.05, 0) is 236 Å². The highest BCUT2D eigenvalue weighted by molar-refractivity contribution is 6.15. The first-order valence-corrected chi connectivity index (χ1v) is 48.6. The first-order chi connectivity index (χ1) is 71.8. The van der Waals surface area contributed by atoms with Gasteiger partial charge in [0.2, 0.25) is 35.4 Å². The third-order valence-corrected chi connectivity index (χ3v) is 28.7. The Balaban J connectivity index is 0.000000133. The number of carboxylic acid groups (broad SMARTS) is 4. The molecule has 10 aliphatic heterocycles. The molecular weight excluding hydrogens is 1940 g/mol. The van der Waals surface area contributed by atoms with Gasteiger partial charge < -0.3 is 69.5 Å². The van der Waals surface area contributed by atoms with Crippen LogP contribution in [0.3, 0.4) is 0 Å². The Kier molecular flexibility index (Phi) is 31.5. The summed E-state index contributed by atoms with van der Waals surface area (Å²) in [6.07, 6.45) is 9.98. The number of urea groups is 5. The molecular formula is C106H107F3N22O19. The van der Waals surface area contributed by atoms with Crippen LogP contribution in [0.1, 0.15) is 123 Å². The van der Waals surface area contributed by atoms with Crippen LogP contribution in [0.15, 0.2) is 219 Å². The minimum atomic E-state index is -4.52. The van der Waals surface area contributed by atoms with Gasteiger partial charge >= 0.3 is 60.2 Å². The average molecular weight is 2050 g/mol. The second-order valence-corrected chi connectivity index (χ2v) is 38.1. The van der Waals surface area contributed by atoms with Gasteiger partial charge in [-0.1, -0.05) is 91.0 Å². The fraction of sp³-hybridized carbons (Fsp3) is 0.330. The molecule has 10 aromatic rings. The first kappa shape index (κ1) is 105. The normalized spacial score (nSPS) is 22.3. The van der Waals surface area contributed by atoms with Crippen LogP contribution in [-0.4, -0.2) is 257 Å². The van der Waals surface area contributed by atoms with Gasteiger partial charge in [0.25, 0.3) is 0 Å². The van der Waals surface area contributed by atoms with E-state index >= 15 is 0 Å². The van der Waals surface area contributed by atoms with Gasteiger partial charge in [0.05, 0.1) is 46.8 Å². The predicted molar refractivity (Wildman–Crippen MR) is 534 cm³/mol. The Morgan fingerprint density at radius 1 is 0.347 bits per heavy atom. The van der Waals surface area contributed by atoms with Crippen LogP contribution >= 0.6 is 0 Å². The van der Waals surface area contributed by atoms with Crippen molar-refractivity contribution in [3.05, 3.63) is 286 Å². The minimum absolute atomic E-state index is 0.0527. The number of aliphatic carboxylic acids is 4. The summed E-state index contributed by atoms with van der Waals surface area (Å²) in [5, 5.41) is 47.7. The van der Waals surface area contributed by atoms with Crippen molar-refractivity contribution in [2.75, 3.05) is 90.8 Å². The molecule has 150 heavy (non-hydrogen) atoms. The van der Waals surface area contributed by atoms with Gasteiger partial charge in [-0.15, -0.1) is 0 Å². The van der Waals surface area contributed by atoms with E-state index in [2.05, 4.69) is 37.1 Å². The summed E-state index contributed by atoms with van der Waals surface area (Å²) in [5.74, 6) is -10.1. The third kappa shape index (κ3) is 22.6. The fourth-order valence-electron chi connectivity index (χ4n) is 21.2. The minimum Gasteiger partial charge on any atom is -0.480 e. The number of piperidine rings is 3. The standard InChI is InChI=1S/C22H25N5O3.2C22H24N4O4.C20H17F3N4O4.C20H17N5O4/c23-18-12-14(8-9-25-18)11-17-19(20(24)28)27(21(17)29)22(30)26-10-4-7-16(13-26)15-5-2-1-3-6-15;2*23-18-12-14(8-9-24-18)11-17-19(21(28)29)26(20(17)27)22(30)25-10-4-7-16(13-25)15-5-2-1-3-6-15;21-20(22,23)12-1-2-14-11(9-12)4-6-26(14)19(31)27-16(18(29)30)13(17(27)28)7-10-3-5-25-15(24)8-10;21-10-12-1-2-15-13(7-12)4-6-24(15)20(29)25-17(19(27)28)14(18(25)26)8-11-3-5-23-16(22)9-11/h1-3,5-6,8-9,12,16-17,19H,4,7,10-11,13H2,(H2,23,25)(H2,24,28);2*1-3,5-6,8-9,12,16-17,19H,4,7,10-11,13H2,(H2,23,24)(H,28,29);1-3,5,8-9,13,16H,4,6-7H2,(H2,24,25)(H,29,30);1-3,5,7,9,14,17H,4,6,8H2,(H2,22,23)(H,27,28)/t2*16-,17+,19-;16-,17-,19+;13-,16+;14-,17+/m00111/s1. The van der Waals surface area contributed by atoms with E-state index in [1.165, 1.54) is 47.4 Å². The number of nitrogens with zero attached hydrogens (tertiary/aromatic N) is 16. The maximum absolute atomic E-state index is 13.1. The number of carbonyl (C=O) groups is 15. The van der Waals surface area contributed by atoms with Crippen LogP contribution in [0, 0.1) is 40.9 Å². The van der Waals surface area contributed by atoms with E-state index in [9.17, 15) is 106 Å². The van der Waals surface area contributed by atoms with Crippen molar-refractivity contribution < 1.29 is 106 Å². The van der Waals surface area contributed by atoms with Crippen molar-refractivity contribution in [1.29, 1.82) is 5.26 Å². The molecule has 13 atom stereocenters. The number of carbonyl (C=O) groups excluding carboxylic acids is 11. The van der Waals surface area contributed by atoms with Crippen molar-refractivity contribution >= 4 is 130 Å². The molecule has 776 valence electrons. The number of nitrogens with two attached hydrogens (primary N) is 6. The van der Waals surface area contributed by atoms with E-state index in [4.69, 9.17) is 39.7 Å². The van der Waals surface area contributed by atoms with Crippen LogP contribution in [0.2, 0.25) is 0 Å². The lowest BCUT2D eigenvalue weighted by molar-refractivity contribution is -0.166. The van der Waals surface area contributed by atoms with Crippen molar-refractivity contribution in [3.8, 4) is 6.07 Å². The summed E-state index contributed by atoms with van der Waals surface area (Å²) in [5.41, 5.74) is 42.5. The highest BCUT2D eigenvalue weighted by Gasteiger charge is 2.61. The van der Waals surface area contributed by atoms with Crippen molar-refractivity contribution in [1.82, 2.24) is 64.1 Å². The SMILES string of the molecule is N#Cc1ccc2c(c1)CCN2C(=O)N1C(=O)[C@H](Cc2ccnc(N)c2)[C@H]1C(=O)O.NC(=O)[C@@H]1[C@@H](Cc2ccnc(N)c2)C(=O)N1C(=O)N1CCC[C@H](c2ccccc2)C1.Nc1cc(C[C@H]2C(=O)N(C(=O)N3CCC[C@@H](c4ccccc4)C3)[C@@H]2C(=O)O)ccn1.Nc1cc(C[C@H]2C(=O)N(C(=O)N3CCC[C@H](c4ccccc4)C3)[C@@H]2C(=O)O)ccn1.Nc1cc(C[C@H]2C(=O)N(C(=O)N3CCc4cc(C(F)(F)F)ccc43)[C@@H]2C(=O)O)ccn1. The molecule has 44 heteroatoms. The molecule has 10 aliphatic rings. The van der Waals surface area contributed by atoms with E-state index in [0.717, 1.165) is 109 Å². The largest absolute Gasteiger partial charge is 0.480 e. The molecule has 8 saturated heterocycles. The maximum Gasteiger partial charge on any atom is 0.416 e. The number of pyridine rings is 5. The van der Waals surface area contributed by atoms with E-state index < -0.39 is 155 Å². The molecule has 16 amide bonds. The molecule has 20 rings (SSSR count). The number of anilines is 7. The number of hydrogen-bond donors (Lipinski definition) is 10. The molecule has 8 fully saturated rings. The Bertz CT molecular complexity index is 6580. The van der Waals surface area contributed by atoms with E-state index in [1.807, 2.05) is 84.9 Å². The Morgan fingerprint density at radius 2 is 0.613 bits per heavy atom. The van der Waals surface area contributed by atoms with Crippen molar-refractivity contribution in [2.45, 2.75) is 138 Å². The van der Waals surface area contributed by atoms with Gasteiger partial charge in [0, 0.05) is 112 Å². The monoisotopic (exact) mass is 2050 g/mol. The predicted octanol–water partition coefficient (Wildman–Crippen LogP) is 9.24. The smallest absolute Gasteiger partial charge is 0.416 e. The summed E-state index contributed by atoms with van der Waals surface area (Å²) in [7, 11) is 0. The van der Waals surface area contributed by atoms with Crippen molar-refractivity contribution in [3.63, 3.8) is 0 Å².